The van der Waals surface area contributed by atoms with Gasteiger partial charge >= 0.3 is 0 Å². The number of rotatable bonds is 4. The number of benzene rings is 1. The smallest absolute Gasteiger partial charge is 0.277 e. The van der Waals surface area contributed by atoms with Crippen LogP contribution in [0.4, 0.5) is 0 Å². The first-order valence-electron chi connectivity index (χ1n) is 5.99. The van der Waals surface area contributed by atoms with Gasteiger partial charge in [0, 0.05) is 18.2 Å². The Morgan fingerprint density at radius 3 is 2.63 bits per heavy atom. The summed E-state index contributed by atoms with van der Waals surface area (Å²) in [6.45, 7) is 0.443. The second-order valence-electron chi connectivity index (χ2n) is 4.42. The van der Waals surface area contributed by atoms with Gasteiger partial charge in [-0.05, 0) is 18.9 Å². The van der Waals surface area contributed by atoms with Crippen LogP contribution in [-0.4, -0.2) is 33.5 Å². The average Bonchev–Trinajstić information content (AvgIpc) is 2.86. The van der Waals surface area contributed by atoms with Gasteiger partial charge in [-0.3, -0.25) is 0 Å². The topological polar surface area (TPSA) is 81.9 Å². The summed E-state index contributed by atoms with van der Waals surface area (Å²) < 4.78 is 34.9. The summed E-state index contributed by atoms with van der Waals surface area (Å²) in [5.74, 6) is 1.28. The first kappa shape index (κ1) is 14.1. The molecule has 0 amide bonds. The SMILES string of the molecule is COc1ccc(C2CCCN2S(N)(=O)=O)c(OC)c1. The van der Waals surface area contributed by atoms with E-state index in [2.05, 4.69) is 0 Å². The van der Waals surface area contributed by atoms with Crippen LogP contribution in [0.5, 0.6) is 11.5 Å². The van der Waals surface area contributed by atoms with Gasteiger partial charge in [-0.15, -0.1) is 0 Å². The molecule has 2 rings (SSSR count). The summed E-state index contributed by atoms with van der Waals surface area (Å²) in [7, 11) is -0.574. The largest absolute Gasteiger partial charge is 0.497 e. The van der Waals surface area contributed by atoms with Crippen LogP contribution >= 0.6 is 0 Å². The van der Waals surface area contributed by atoms with Crippen molar-refractivity contribution < 1.29 is 17.9 Å². The molecule has 1 aromatic carbocycles. The minimum Gasteiger partial charge on any atom is -0.497 e. The van der Waals surface area contributed by atoms with Gasteiger partial charge in [-0.2, -0.15) is 12.7 Å². The molecule has 1 aliphatic rings. The van der Waals surface area contributed by atoms with Gasteiger partial charge in [0.15, 0.2) is 0 Å². The van der Waals surface area contributed by atoms with Gasteiger partial charge in [-0.1, -0.05) is 6.07 Å². The van der Waals surface area contributed by atoms with Crippen molar-refractivity contribution in [1.82, 2.24) is 4.31 Å². The van der Waals surface area contributed by atoms with Crippen LogP contribution in [0, 0.1) is 0 Å². The molecule has 1 fully saturated rings. The summed E-state index contributed by atoms with van der Waals surface area (Å²) >= 11 is 0. The zero-order valence-corrected chi connectivity index (χ0v) is 11.8. The molecule has 106 valence electrons. The van der Waals surface area contributed by atoms with Crippen molar-refractivity contribution in [1.29, 1.82) is 0 Å². The maximum absolute atomic E-state index is 11.6. The zero-order valence-electron chi connectivity index (χ0n) is 11.0. The third kappa shape index (κ3) is 2.83. The van der Waals surface area contributed by atoms with Crippen LogP contribution in [-0.2, 0) is 10.2 Å². The van der Waals surface area contributed by atoms with E-state index in [0.29, 0.717) is 18.0 Å². The highest BCUT2D eigenvalue weighted by Gasteiger charge is 2.34. The molecule has 2 N–H and O–H groups in total. The number of methoxy groups -OCH3 is 2. The fraction of sp³-hybridized carbons (Fsp3) is 0.500. The maximum Gasteiger partial charge on any atom is 0.277 e. The van der Waals surface area contributed by atoms with Crippen molar-refractivity contribution >= 4 is 10.2 Å². The Bertz CT molecular complexity index is 559. The van der Waals surface area contributed by atoms with Gasteiger partial charge in [0.1, 0.15) is 11.5 Å². The Hall–Kier alpha value is -1.31. The number of hydrogen-bond acceptors (Lipinski definition) is 4. The van der Waals surface area contributed by atoms with Gasteiger partial charge < -0.3 is 9.47 Å². The van der Waals surface area contributed by atoms with Crippen LogP contribution in [0.2, 0.25) is 0 Å². The molecule has 0 aromatic heterocycles. The van der Waals surface area contributed by atoms with Crippen molar-refractivity contribution in [2.45, 2.75) is 18.9 Å². The first-order valence-corrected chi connectivity index (χ1v) is 7.49. The lowest BCUT2D eigenvalue weighted by atomic mass is 10.0. The van der Waals surface area contributed by atoms with Crippen LogP contribution in [0.1, 0.15) is 24.4 Å². The van der Waals surface area contributed by atoms with E-state index in [9.17, 15) is 8.42 Å². The number of hydrogen-bond donors (Lipinski definition) is 1. The van der Waals surface area contributed by atoms with E-state index in [-0.39, 0.29) is 6.04 Å². The third-order valence-corrected chi connectivity index (χ3v) is 4.42. The molecule has 7 heteroatoms. The molecule has 1 heterocycles. The quantitative estimate of drug-likeness (QED) is 0.896. The standard InChI is InChI=1S/C12H18N2O4S/c1-17-9-5-6-10(12(8-9)18-2)11-4-3-7-14(11)19(13,15)16/h5-6,8,11H,3-4,7H2,1-2H3,(H2,13,15,16). The summed E-state index contributed by atoms with van der Waals surface area (Å²) in [5, 5.41) is 5.25. The van der Waals surface area contributed by atoms with Crippen LogP contribution in [0.15, 0.2) is 18.2 Å². The number of ether oxygens (including phenoxy) is 2. The van der Waals surface area contributed by atoms with Crippen molar-refractivity contribution in [2.24, 2.45) is 5.14 Å². The lowest BCUT2D eigenvalue weighted by molar-refractivity contribution is 0.361. The highest BCUT2D eigenvalue weighted by Crippen LogP contribution is 2.39. The Morgan fingerprint density at radius 1 is 1.32 bits per heavy atom. The molecular formula is C12H18N2O4S. The lowest BCUT2D eigenvalue weighted by Crippen LogP contribution is -2.36. The van der Waals surface area contributed by atoms with Crippen LogP contribution in [0.3, 0.4) is 0 Å². The minimum atomic E-state index is -3.69. The molecule has 1 aliphatic heterocycles. The lowest BCUT2D eigenvalue weighted by Gasteiger charge is -2.23. The predicted octanol–water partition coefficient (Wildman–Crippen LogP) is 1.04. The Kier molecular flexibility index (Phi) is 3.98. The minimum absolute atomic E-state index is 0.268. The molecule has 0 aliphatic carbocycles. The third-order valence-electron chi connectivity index (χ3n) is 3.33. The molecule has 0 bridgehead atoms. The van der Waals surface area contributed by atoms with E-state index in [4.69, 9.17) is 14.6 Å². The van der Waals surface area contributed by atoms with Crippen molar-refractivity contribution in [3.63, 3.8) is 0 Å². The Morgan fingerprint density at radius 2 is 2.05 bits per heavy atom. The molecule has 1 unspecified atom stereocenters. The second kappa shape index (κ2) is 5.36. The van der Waals surface area contributed by atoms with E-state index < -0.39 is 10.2 Å². The highest BCUT2D eigenvalue weighted by molar-refractivity contribution is 7.86. The van der Waals surface area contributed by atoms with Crippen LogP contribution < -0.4 is 14.6 Å². The fourth-order valence-corrected chi connectivity index (χ4v) is 3.41. The average molecular weight is 286 g/mol. The zero-order chi connectivity index (χ0) is 14.0. The summed E-state index contributed by atoms with van der Waals surface area (Å²) in [5.41, 5.74) is 0.815. The molecular weight excluding hydrogens is 268 g/mol. The molecule has 6 nitrogen and oxygen atoms in total. The monoisotopic (exact) mass is 286 g/mol. The van der Waals surface area contributed by atoms with Gasteiger partial charge in [0.2, 0.25) is 0 Å². The van der Waals surface area contributed by atoms with Crippen molar-refractivity contribution in [3.8, 4) is 11.5 Å². The van der Waals surface area contributed by atoms with E-state index in [1.807, 2.05) is 6.07 Å². The molecule has 19 heavy (non-hydrogen) atoms. The predicted molar refractivity (Wildman–Crippen MR) is 71.3 cm³/mol. The fourth-order valence-electron chi connectivity index (χ4n) is 2.45. The first-order chi connectivity index (χ1) is 8.97. The van der Waals surface area contributed by atoms with Gasteiger partial charge in [-0.25, -0.2) is 5.14 Å². The van der Waals surface area contributed by atoms with Crippen LogP contribution in [0.25, 0.3) is 0 Å². The van der Waals surface area contributed by atoms with Crippen molar-refractivity contribution in [2.75, 3.05) is 20.8 Å². The number of nitrogens with zero attached hydrogens (tertiary/aromatic N) is 1. The second-order valence-corrected chi connectivity index (χ2v) is 5.92. The molecule has 0 saturated carbocycles. The molecule has 1 aromatic rings. The van der Waals surface area contributed by atoms with Gasteiger partial charge in [0.05, 0.1) is 20.3 Å². The number of nitrogens with two attached hydrogens (primary N) is 1. The highest BCUT2D eigenvalue weighted by atomic mass is 32.2. The van der Waals surface area contributed by atoms with Gasteiger partial charge in [0.25, 0.3) is 10.2 Å². The maximum atomic E-state index is 11.6. The Labute approximate surface area is 113 Å². The van der Waals surface area contributed by atoms with E-state index in [1.54, 1.807) is 26.4 Å². The summed E-state index contributed by atoms with van der Waals surface area (Å²) in [6.07, 6.45) is 1.52. The van der Waals surface area contributed by atoms with Crippen molar-refractivity contribution in [3.05, 3.63) is 23.8 Å². The molecule has 1 atom stereocenters. The summed E-state index contributed by atoms with van der Waals surface area (Å²) in [4.78, 5) is 0. The van der Waals surface area contributed by atoms with E-state index >= 15 is 0 Å². The molecule has 1 saturated heterocycles. The molecule has 0 radical (unpaired) electrons. The Balaban J connectivity index is 2.41. The normalized spacial score (nSPS) is 20.5. The molecule has 0 spiro atoms. The summed E-state index contributed by atoms with van der Waals surface area (Å²) in [6, 6.07) is 5.09. The van der Waals surface area contributed by atoms with E-state index in [0.717, 1.165) is 18.4 Å². The van der Waals surface area contributed by atoms with E-state index in [1.165, 1.54) is 4.31 Å².